The van der Waals surface area contributed by atoms with Gasteiger partial charge in [0.15, 0.2) is 0 Å². The summed E-state index contributed by atoms with van der Waals surface area (Å²) in [5.74, 6) is 0. The van der Waals surface area contributed by atoms with Crippen molar-refractivity contribution in [1.82, 2.24) is 4.98 Å². The van der Waals surface area contributed by atoms with Crippen LogP contribution in [0.1, 0.15) is 17.2 Å². The Morgan fingerprint density at radius 2 is 2.11 bits per heavy atom. The van der Waals surface area contributed by atoms with Gasteiger partial charge in [0.05, 0.1) is 17.4 Å². The minimum Gasteiger partial charge on any atom is -0.464 e. The van der Waals surface area contributed by atoms with Gasteiger partial charge in [-0.1, -0.05) is 29.8 Å². The fraction of sp³-hybridized carbons (Fsp3) is 0.133. The highest BCUT2D eigenvalue weighted by Crippen LogP contribution is 2.29. The number of aliphatic hydroxyl groups is 1. The van der Waals surface area contributed by atoms with Gasteiger partial charge in [0, 0.05) is 29.8 Å². The molecule has 0 saturated heterocycles. The Morgan fingerprint density at radius 1 is 1.26 bits per heavy atom. The van der Waals surface area contributed by atoms with Crippen molar-refractivity contribution in [2.75, 3.05) is 0 Å². The number of pyridine rings is 1. The molecule has 3 rings (SSSR count). The monoisotopic (exact) mass is 273 g/mol. The van der Waals surface area contributed by atoms with Gasteiger partial charge in [-0.3, -0.25) is 4.98 Å². The third-order valence-electron chi connectivity index (χ3n) is 3.14. The third-order valence-corrected chi connectivity index (χ3v) is 3.48. The summed E-state index contributed by atoms with van der Waals surface area (Å²) in [6, 6.07) is 9.46. The Balaban J connectivity index is 1.92. The molecule has 1 unspecified atom stereocenters. The number of aliphatic hydroxyl groups excluding tert-OH is 1. The average molecular weight is 274 g/mol. The van der Waals surface area contributed by atoms with E-state index in [1.54, 1.807) is 18.7 Å². The van der Waals surface area contributed by atoms with Crippen LogP contribution in [0.4, 0.5) is 0 Å². The summed E-state index contributed by atoms with van der Waals surface area (Å²) >= 11 is 6.05. The summed E-state index contributed by atoms with van der Waals surface area (Å²) in [6.07, 6.45) is 4.64. The Kier molecular flexibility index (Phi) is 3.23. The maximum absolute atomic E-state index is 10.3. The van der Waals surface area contributed by atoms with Crippen molar-refractivity contribution in [1.29, 1.82) is 0 Å². The van der Waals surface area contributed by atoms with Crippen molar-refractivity contribution in [2.24, 2.45) is 0 Å². The molecule has 0 aliphatic rings. The van der Waals surface area contributed by atoms with Gasteiger partial charge >= 0.3 is 0 Å². The molecular formula is C15H12ClNO2. The number of para-hydroxylation sites is 1. The van der Waals surface area contributed by atoms with Crippen molar-refractivity contribution in [3.63, 3.8) is 0 Å². The number of furan rings is 1. The second-order valence-corrected chi connectivity index (χ2v) is 4.78. The van der Waals surface area contributed by atoms with E-state index in [0.29, 0.717) is 11.4 Å². The quantitative estimate of drug-likeness (QED) is 0.790. The SMILES string of the molecule is OC(Cc1ccncc1Cl)c1coc2ccccc12. The van der Waals surface area contributed by atoms with Gasteiger partial charge in [0.1, 0.15) is 5.58 Å². The number of aromatic nitrogens is 1. The Morgan fingerprint density at radius 3 is 2.95 bits per heavy atom. The van der Waals surface area contributed by atoms with Crippen LogP contribution in [0.25, 0.3) is 11.0 Å². The molecule has 19 heavy (non-hydrogen) atoms. The van der Waals surface area contributed by atoms with Crippen LogP contribution >= 0.6 is 11.6 Å². The maximum atomic E-state index is 10.3. The lowest BCUT2D eigenvalue weighted by Gasteiger charge is -2.10. The highest BCUT2D eigenvalue weighted by Gasteiger charge is 2.16. The highest BCUT2D eigenvalue weighted by atomic mass is 35.5. The van der Waals surface area contributed by atoms with Crippen molar-refractivity contribution in [3.05, 3.63) is 65.1 Å². The van der Waals surface area contributed by atoms with E-state index >= 15 is 0 Å². The lowest BCUT2D eigenvalue weighted by molar-refractivity contribution is 0.179. The summed E-state index contributed by atoms with van der Waals surface area (Å²) in [5, 5.41) is 11.8. The molecule has 1 aromatic carbocycles. The normalized spacial score (nSPS) is 12.7. The van der Waals surface area contributed by atoms with E-state index < -0.39 is 6.10 Å². The number of benzene rings is 1. The summed E-state index contributed by atoms with van der Waals surface area (Å²) in [6.45, 7) is 0. The maximum Gasteiger partial charge on any atom is 0.134 e. The minimum atomic E-state index is -0.649. The van der Waals surface area contributed by atoms with E-state index in [2.05, 4.69) is 4.98 Å². The van der Waals surface area contributed by atoms with Crippen molar-refractivity contribution in [3.8, 4) is 0 Å². The van der Waals surface area contributed by atoms with Crippen LogP contribution in [0.3, 0.4) is 0 Å². The van der Waals surface area contributed by atoms with Gasteiger partial charge in [0.25, 0.3) is 0 Å². The molecule has 0 fully saturated rings. The zero-order chi connectivity index (χ0) is 13.2. The number of halogens is 1. The number of hydrogen-bond acceptors (Lipinski definition) is 3. The molecule has 2 aromatic heterocycles. The van der Waals surface area contributed by atoms with E-state index in [1.165, 1.54) is 0 Å². The zero-order valence-electron chi connectivity index (χ0n) is 10.1. The summed E-state index contributed by atoms with van der Waals surface area (Å²) < 4.78 is 5.43. The fourth-order valence-electron chi connectivity index (χ4n) is 2.14. The third kappa shape index (κ3) is 2.35. The molecule has 0 aliphatic carbocycles. The zero-order valence-corrected chi connectivity index (χ0v) is 10.8. The lowest BCUT2D eigenvalue weighted by atomic mass is 10.0. The first-order chi connectivity index (χ1) is 9.25. The van der Waals surface area contributed by atoms with Crippen LogP contribution in [-0.4, -0.2) is 10.1 Å². The number of hydrogen-bond donors (Lipinski definition) is 1. The van der Waals surface area contributed by atoms with E-state index in [9.17, 15) is 5.11 Å². The molecular weight excluding hydrogens is 262 g/mol. The lowest BCUT2D eigenvalue weighted by Crippen LogP contribution is -2.01. The number of rotatable bonds is 3. The first kappa shape index (κ1) is 12.2. The van der Waals surface area contributed by atoms with Gasteiger partial charge in [-0.05, 0) is 17.7 Å². The van der Waals surface area contributed by atoms with Crippen LogP contribution in [0, 0.1) is 0 Å². The van der Waals surface area contributed by atoms with E-state index in [1.807, 2.05) is 30.3 Å². The first-order valence-electron chi connectivity index (χ1n) is 5.98. The molecule has 0 aliphatic heterocycles. The largest absolute Gasteiger partial charge is 0.464 e. The second-order valence-electron chi connectivity index (χ2n) is 4.37. The summed E-state index contributed by atoms with van der Waals surface area (Å²) in [7, 11) is 0. The molecule has 0 spiro atoms. The molecule has 0 amide bonds. The predicted molar refractivity (Wildman–Crippen MR) is 74.1 cm³/mol. The molecule has 0 saturated carbocycles. The van der Waals surface area contributed by atoms with Gasteiger partial charge in [-0.25, -0.2) is 0 Å². The van der Waals surface area contributed by atoms with Crippen LogP contribution in [0.15, 0.2) is 53.4 Å². The van der Waals surface area contributed by atoms with Gasteiger partial charge in [-0.15, -0.1) is 0 Å². The smallest absolute Gasteiger partial charge is 0.134 e. The predicted octanol–water partition coefficient (Wildman–Crippen LogP) is 3.76. The van der Waals surface area contributed by atoms with E-state index in [-0.39, 0.29) is 0 Å². The molecule has 2 heterocycles. The summed E-state index contributed by atoms with van der Waals surface area (Å²) in [5.41, 5.74) is 2.43. The average Bonchev–Trinajstić information content (AvgIpc) is 2.85. The second kappa shape index (κ2) is 5.03. The van der Waals surface area contributed by atoms with Crippen LogP contribution in [-0.2, 0) is 6.42 Å². The molecule has 1 N–H and O–H groups in total. The number of fused-ring (bicyclic) bond motifs is 1. The summed E-state index contributed by atoms with van der Waals surface area (Å²) in [4.78, 5) is 3.93. The van der Waals surface area contributed by atoms with Gasteiger partial charge in [-0.2, -0.15) is 0 Å². The van der Waals surface area contributed by atoms with Crippen molar-refractivity contribution >= 4 is 22.6 Å². The molecule has 3 aromatic rings. The van der Waals surface area contributed by atoms with Crippen molar-refractivity contribution < 1.29 is 9.52 Å². The molecule has 1 atom stereocenters. The van der Waals surface area contributed by atoms with Crippen LogP contribution < -0.4 is 0 Å². The molecule has 4 heteroatoms. The fourth-order valence-corrected chi connectivity index (χ4v) is 2.34. The topological polar surface area (TPSA) is 46.3 Å². The van der Waals surface area contributed by atoms with Gasteiger partial charge < -0.3 is 9.52 Å². The minimum absolute atomic E-state index is 0.435. The number of nitrogens with zero attached hydrogens (tertiary/aromatic N) is 1. The molecule has 96 valence electrons. The molecule has 0 radical (unpaired) electrons. The highest BCUT2D eigenvalue weighted by molar-refractivity contribution is 6.31. The Labute approximate surface area is 115 Å². The molecule has 3 nitrogen and oxygen atoms in total. The molecule has 0 bridgehead atoms. The Bertz CT molecular complexity index is 708. The van der Waals surface area contributed by atoms with Crippen LogP contribution in [0.5, 0.6) is 0 Å². The van der Waals surface area contributed by atoms with E-state index in [0.717, 1.165) is 22.1 Å². The Hall–Kier alpha value is -1.84. The van der Waals surface area contributed by atoms with Gasteiger partial charge in [0.2, 0.25) is 0 Å². The first-order valence-corrected chi connectivity index (χ1v) is 6.36. The van der Waals surface area contributed by atoms with E-state index in [4.69, 9.17) is 16.0 Å². The van der Waals surface area contributed by atoms with Crippen LogP contribution in [0.2, 0.25) is 5.02 Å². The standard InChI is InChI=1S/C15H12ClNO2/c16-13-8-17-6-5-10(13)7-14(18)12-9-19-15-4-2-1-3-11(12)15/h1-6,8-9,14,18H,7H2. The van der Waals surface area contributed by atoms with Crippen molar-refractivity contribution in [2.45, 2.75) is 12.5 Å².